The summed E-state index contributed by atoms with van der Waals surface area (Å²) < 4.78 is 53.5. The molecule has 23 heteroatoms. The summed E-state index contributed by atoms with van der Waals surface area (Å²) in [6.45, 7) is 6.94. The van der Waals surface area contributed by atoms with E-state index in [0.29, 0.717) is 38.5 Å². The van der Waals surface area contributed by atoms with Crippen molar-refractivity contribution < 1.29 is 113 Å². The SMILES string of the molecule is CCCC[C@@H](CCCCCCCC[C@@H](O)CC(=O)O)O[C@@H]1O[C@H](CO[C@@H]2O[C@@H](C)[C@H](O)[C@@H](O)[C@H]2O)[C@@H](O)[C@H](O)[C@H]1O[C@@H]1O[C@H](CO)[C@@H](O)[C@H](O)[C@H]1O[C@@H]1O[C@@H](C)[C@H](OC(=O)[C@@H](C)CC)[C@@H](O)[C@H]1O. The molecule has 4 rings (SSSR count). The lowest BCUT2D eigenvalue weighted by molar-refractivity contribution is -0.396. The summed E-state index contributed by atoms with van der Waals surface area (Å²) in [5, 5.41) is 128. The summed E-state index contributed by atoms with van der Waals surface area (Å²) in [5.74, 6) is -2.20. The third kappa shape index (κ3) is 16.1. The minimum absolute atomic E-state index is 0.299. The van der Waals surface area contributed by atoms with Crippen LogP contribution in [0, 0.1) is 5.92 Å². The number of unbranched alkanes of at least 4 members (excludes halogenated alkanes) is 6. The second-order valence-corrected chi connectivity index (χ2v) is 18.7. The standard InChI is InChI=1S/C45H80O23/c1-6-8-16-25(17-14-12-10-9-11-13-15-24(47)18-28(48)49)63-44-39(34(55)31(52)27(65-44)20-60-42-36(57)32(53)29(50)22(4)61-42)68-45-40(33(54)30(51)26(19-46)64-45)67-43-37(58)35(56)38(23(5)62-43)66-41(59)21(3)7-2/h21-27,29-40,42-47,50-58H,6-20H2,1-5H3,(H,48,49)/t21-,22-,23-,24+,25-,26+,27+,29-,30+,31+,32+,33-,34-,35-,36+,37+,38-,39+,40+,42+,43-,44+,45-/m0/s1. The zero-order chi connectivity index (χ0) is 50.4. The third-order valence-corrected chi connectivity index (χ3v) is 13.3. The maximum Gasteiger partial charge on any atom is 0.309 e. The number of aliphatic hydroxyl groups is 11. The Hall–Kier alpha value is -1.82. The summed E-state index contributed by atoms with van der Waals surface area (Å²) in [7, 11) is 0. The monoisotopic (exact) mass is 989 g/mol. The predicted octanol–water partition coefficient (Wildman–Crippen LogP) is -1.56. The van der Waals surface area contributed by atoms with E-state index in [-0.39, 0.29) is 6.42 Å². The quantitative estimate of drug-likeness (QED) is 0.0327. The number of carboxylic acids is 1. The van der Waals surface area contributed by atoms with Crippen molar-refractivity contribution in [2.75, 3.05) is 13.2 Å². The molecule has 12 N–H and O–H groups in total. The van der Waals surface area contributed by atoms with Gasteiger partial charge in [0.25, 0.3) is 0 Å². The second kappa shape index (κ2) is 28.4. The molecule has 0 aromatic heterocycles. The van der Waals surface area contributed by atoms with Gasteiger partial charge in [-0.1, -0.05) is 72.1 Å². The molecule has 4 saturated heterocycles. The Labute approximate surface area is 397 Å². The Bertz CT molecular complexity index is 1460. The van der Waals surface area contributed by atoms with Gasteiger partial charge >= 0.3 is 11.9 Å². The molecule has 23 nitrogen and oxygen atoms in total. The van der Waals surface area contributed by atoms with Crippen molar-refractivity contribution >= 4 is 11.9 Å². The minimum Gasteiger partial charge on any atom is -0.481 e. The van der Waals surface area contributed by atoms with Crippen LogP contribution in [-0.2, 0) is 52.2 Å². The lowest BCUT2D eigenvalue weighted by atomic mass is 9.96. The molecule has 4 fully saturated rings. The van der Waals surface area contributed by atoms with Crippen molar-refractivity contribution in [2.24, 2.45) is 5.92 Å². The van der Waals surface area contributed by atoms with Crippen LogP contribution in [0.4, 0.5) is 0 Å². The fraction of sp³-hybridized carbons (Fsp3) is 0.956. The van der Waals surface area contributed by atoms with E-state index in [0.717, 1.165) is 38.5 Å². The molecule has 0 aromatic rings. The first-order valence-corrected chi connectivity index (χ1v) is 24.3. The van der Waals surface area contributed by atoms with Gasteiger partial charge in [-0.2, -0.15) is 0 Å². The maximum atomic E-state index is 12.6. The summed E-state index contributed by atoms with van der Waals surface area (Å²) >= 11 is 0. The Morgan fingerprint density at radius 3 is 1.72 bits per heavy atom. The summed E-state index contributed by atoms with van der Waals surface area (Å²) in [4.78, 5) is 23.4. The first-order chi connectivity index (χ1) is 32.2. The molecule has 0 bridgehead atoms. The Morgan fingerprint density at radius 1 is 0.574 bits per heavy atom. The van der Waals surface area contributed by atoms with E-state index >= 15 is 0 Å². The van der Waals surface area contributed by atoms with Gasteiger partial charge in [-0.05, 0) is 39.5 Å². The molecule has 4 heterocycles. The number of carbonyl (C=O) groups excluding carboxylic acids is 1. The largest absolute Gasteiger partial charge is 0.481 e. The highest BCUT2D eigenvalue weighted by molar-refractivity contribution is 5.72. The van der Waals surface area contributed by atoms with E-state index < -0.39 is 166 Å². The molecule has 68 heavy (non-hydrogen) atoms. The summed E-state index contributed by atoms with van der Waals surface area (Å²) in [6, 6.07) is 0. The van der Waals surface area contributed by atoms with Crippen LogP contribution < -0.4 is 0 Å². The number of carbonyl (C=O) groups is 2. The second-order valence-electron chi connectivity index (χ2n) is 18.7. The van der Waals surface area contributed by atoms with Crippen molar-refractivity contribution in [3.8, 4) is 0 Å². The molecular formula is C45H80O23. The molecule has 0 radical (unpaired) electrons. The number of carboxylic acid groups (broad SMARTS) is 1. The molecule has 23 atom stereocenters. The van der Waals surface area contributed by atoms with Crippen molar-refractivity contribution in [1.29, 1.82) is 0 Å². The third-order valence-electron chi connectivity index (χ3n) is 13.3. The normalized spacial score (nSPS) is 40.4. The van der Waals surface area contributed by atoms with Gasteiger partial charge in [0, 0.05) is 0 Å². The van der Waals surface area contributed by atoms with E-state index in [2.05, 4.69) is 0 Å². The number of aliphatic carboxylic acids is 1. The zero-order valence-corrected chi connectivity index (χ0v) is 39.7. The molecule has 0 unspecified atom stereocenters. The fourth-order valence-corrected chi connectivity index (χ4v) is 8.62. The van der Waals surface area contributed by atoms with Gasteiger partial charge in [0.15, 0.2) is 31.3 Å². The van der Waals surface area contributed by atoms with Gasteiger partial charge in [-0.3, -0.25) is 9.59 Å². The molecule has 4 aliphatic rings. The van der Waals surface area contributed by atoms with Crippen molar-refractivity contribution in [3.63, 3.8) is 0 Å². The van der Waals surface area contributed by atoms with Gasteiger partial charge in [0.2, 0.25) is 0 Å². The first kappa shape index (κ1) is 58.7. The van der Waals surface area contributed by atoms with Crippen LogP contribution in [-0.4, -0.2) is 221 Å². The average molecular weight is 989 g/mol. The Morgan fingerprint density at radius 2 is 1.10 bits per heavy atom. The summed E-state index contributed by atoms with van der Waals surface area (Å²) in [6.07, 6.45) is -25.7. The number of ether oxygens (including phenoxy) is 9. The summed E-state index contributed by atoms with van der Waals surface area (Å²) in [5.41, 5.74) is 0. The van der Waals surface area contributed by atoms with E-state index in [4.69, 9.17) is 47.7 Å². The van der Waals surface area contributed by atoms with Gasteiger partial charge < -0.3 is 104 Å². The van der Waals surface area contributed by atoms with E-state index in [1.54, 1.807) is 13.8 Å². The molecule has 0 amide bonds. The molecule has 0 spiro atoms. The van der Waals surface area contributed by atoms with Crippen LogP contribution in [0.5, 0.6) is 0 Å². The first-order valence-electron chi connectivity index (χ1n) is 24.3. The number of hydrogen-bond acceptors (Lipinski definition) is 22. The smallest absolute Gasteiger partial charge is 0.309 e. The van der Waals surface area contributed by atoms with Crippen molar-refractivity contribution in [3.05, 3.63) is 0 Å². The van der Waals surface area contributed by atoms with Crippen LogP contribution in [0.25, 0.3) is 0 Å². The zero-order valence-electron chi connectivity index (χ0n) is 39.7. The van der Waals surface area contributed by atoms with E-state index in [1.807, 2.05) is 6.92 Å². The highest BCUT2D eigenvalue weighted by Gasteiger charge is 2.55. The van der Waals surface area contributed by atoms with Crippen molar-refractivity contribution in [2.45, 2.75) is 253 Å². The fourth-order valence-electron chi connectivity index (χ4n) is 8.62. The van der Waals surface area contributed by atoms with Crippen LogP contribution in [0.3, 0.4) is 0 Å². The molecule has 398 valence electrons. The molecule has 0 saturated carbocycles. The van der Waals surface area contributed by atoms with Gasteiger partial charge in [0.1, 0.15) is 79.4 Å². The van der Waals surface area contributed by atoms with Crippen molar-refractivity contribution in [1.82, 2.24) is 0 Å². The molecule has 4 aliphatic heterocycles. The Kier molecular flexibility index (Phi) is 24.6. The number of aliphatic hydroxyl groups excluding tert-OH is 11. The number of hydrogen-bond donors (Lipinski definition) is 12. The van der Waals surface area contributed by atoms with Crippen LogP contribution in [0.2, 0.25) is 0 Å². The molecule has 0 aromatic carbocycles. The van der Waals surface area contributed by atoms with E-state index in [1.165, 1.54) is 13.8 Å². The number of esters is 1. The minimum atomic E-state index is -1.92. The highest BCUT2D eigenvalue weighted by atomic mass is 16.8. The number of rotatable bonds is 27. The van der Waals surface area contributed by atoms with Crippen LogP contribution in [0.15, 0.2) is 0 Å². The average Bonchev–Trinajstić information content (AvgIpc) is 3.30. The lowest BCUT2D eigenvalue weighted by Gasteiger charge is -2.49. The van der Waals surface area contributed by atoms with Gasteiger partial charge in [-0.25, -0.2) is 0 Å². The predicted molar refractivity (Wildman–Crippen MR) is 232 cm³/mol. The maximum absolute atomic E-state index is 12.6. The van der Waals surface area contributed by atoms with Crippen LogP contribution >= 0.6 is 0 Å². The van der Waals surface area contributed by atoms with Gasteiger partial charge in [-0.15, -0.1) is 0 Å². The Balaban J connectivity index is 1.55. The van der Waals surface area contributed by atoms with Crippen LogP contribution in [0.1, 0.15) is 118 Å². The topological polar surface area (TPSA) is 360 Å². The van der Waals surface area contributed by atoms with Gasteiger partial charge in [0.05, 0.1) is 50.0 Å². The molecule has 0 aliphatic carbocycles. The highest BCUT2D eigenvalue weighted by Crippen LogP contribution is 2.35. The lowest BCUT2D eigenvalue weighted by Crippen LogP contribution is -2.67. The van der Waals surface area contributed by atoms with E-state index in [9.17, 15) is 65.8 Å². The molecular weight excluding hydrogens is 908 g/mol.